The number of carbonyl (C=O) groups is 1. The van der Waals surface area contributed by atoms with Gasteiger partial charge in [0.1, 0.15) is 0 Å². The van der Waals surface area contributed by atoms with Gasteiger partial charge < -0.3 is 9.32 Å². The van der Waals surface area contributed by atoms with Gasteiger partial charge in [-0.3, -0.25) is 4.90 Å². The van der Waals surface area contributed by atoms with E-state index in [2.05, 4.69) is 24.0 Å². The van der Waals surface area contributed by atoms with Gasteiger partial charge in [0.2, 0.25) is 5.89 Å². The molecule has 0 aliphatic heterocycles. The molecule has 1 aromatic heterocycles. The molecule has 2 aromatic carbocycles. The average Bonchev–Trinajstić information content (AvgIpc) is 3.29. The van der Waals surface area contributed by atoms with Crippen LogP contribution >= 0.6 is 0 Å². The molecule has 8 heteroatoms. The number of carbonyl (C=O) groups excluding carboxylic acids is 1. The van der Waals surface area contributed by atoms with E-state index in [1.165, 1.54) is 0 Å². The van der Waals surface area contributed by atoms with E-state index in [-0.39, 0.29) is 11.9 Å². The first kappa shape index (κ1) is 23.4. The Balaban J connectivity index is 1.87. The molecule has 0 fully saturated rings. The zero-order valence-corrected chi connectivity index (χ0v) is 18.6. The lowest BCUT2D eigenvalue weighted by molar-refractivity contribution is 0.116. The molecule has 0 unspecified atom stereocenters. The maximum Gasteiger partial charge on any atom is 0.324 e. The summed E-state index contributed by atoms with van der Waals surface area (Å²) in [6.45, 7) is 7.86. The quantitative estimate of drug-likeness (QED) is 0.394. The molecule has 2 amide bonds. The van der Waals surface area contributed by atoms with E-state index in [0.29, 0.717) is 25.2 Å². The number of aryl methyl sites for hydroxylation is 1. The summed E-state index contributed by atoms with van der Waals surface area (Å²) in [6.07, 6.45) is -1.04. The van der Waals surface area contributed by atoms with Crippen molar-refractivity contribution in [2.24, 2.45) is 0 Å². The van der Waals surface area contributed by atoms with Gasteiger partial charge in [0, 0.05) is 24.3 Å². The van der Waals surface area contributed by atoms with Crippen LogP contribution in [0.2, 0.25) is 0 Å². The number of para-hydroxylation sites is 1. The highest BCUT2D eigenvalue weighted by molar-refractivity contribution is 5.92. The van der Waals surface area contributed by atoms with Gasteiger partial charge in [0.15, 0.2) is 0 Å². The van der Waals surface area contributed by atoms with Gasteiger partial charge in [-0.25, -0.2) is 4.79 Å². The smallest absolute Gasteiger partial charge is 0.324 e. The highest BCUT2D eigenvalue weighted by atomic mass is 19.3. The van der Waals surface area contributed by atoms with Crippen molar-refractivity contribution in [3.63, 3.8) is 0 Å². The summed E-state index contributed by atoms with van der Waals surface area (Å²) in [6, 6.07) is 14.9. The lowest BCUT2D eigenvalue weighted by Crippen LogP contribution is -2.44. The number of hydrogen-bond donors (Lipinski definition) is 0. The van der Waals surface area contributed by atoms with Crippen LogP contribution in [-0.4, -0.2) is 34.2 Å². The van der Waals surface area contributed by atoms with Crippen molar-refractivity contribution in [2.45, 2.75) is 46.6 Å². The number of nitrogens with zero attached hydrogens (tertiary/aromatic N) is 4. The van der Waals surface area contributed by atoms with Crippen LogP contribution in [0.15, 0.2) is 52.9 Å². The van der Waals surface area contributed by atoms with E-state index in [0.717, 1.165) is 29.7 Å². The number of alkyl halides is 2. The van der Waals surface area contributed by atoms with Gasteiger partial charge in [-0.15, -0.1) is 10.2 Å². The van der Waals surface area contributed by atoms with Crippen LogP contribution in [0.4, 0.5) is 19.3 Å². The van der Waals surface area contributed by atoms with Crippen LogP contribution in [0.25, 0.3) is 11.5 Å². The molecule has 0 radical (unpaired) electrons. The normalized spacial score (nSPS) is 11.1. The molecule has 6 nitrogen and oxygen atoms in total. The number of rotatable bonds is 9. The Kier molecular flexibility index (Phi) is 7.92. The Morgan fingerprint density at radius 3 is 2.22 bits per heavy atom. The third-order valence-electron chi connectivity index (χ3n) is 5.06. The Bertz CT molecular complexity index is 1010. The van der Waals surface area contributed by atoms with Crippen LogP contribution in [0.3, 0.4) is 0 Å². The molecule has 0 spiro atoms. The number of halogens is 2. The molecular weight excluding hydrogens is 414 g/mol. The Hall–Kier alpha value is -3.29. The summed E-state index contributed by atoms with van der Waals surface area (Å²) in [4.78, 5) is 17.2. The number of anilines is 1. The van der Waals surface area contributed by atoms with Gasteiger partial charge >= 0.3 is 12.5 Å². The molecule has 32 heavy (non-hydrogen) atoms. The highest BCUT2D eigenvalue weighted by Crippen LogP contribution is 2.26. The number of amides is 2. The fourth-order valence-corrected chi connectivity index (χ4v) is 3.51. The fraction of sp³-hybridized carbons (Fsp3) is 0.375. The minimum absolute atomic E-state index is 0.0365. The monoisotopic (exact) mass is 442 g/mol. The van der Waals surface area contributed by atoms with Crippen molar-refractivity contribution >= 4 is 11.7 Å². The van der Waals surface area contributed by atoms with Crippen molar-refractivity contribution in [1.29, 1.82) is 0 Å². The third kappa shape index (κ3) is 5.49. The first-order valence-electron chi connectivity index (χ1n) is 10.8. The van der Waals surface area contributed by atoms with Crippen molar-refractivity contribution in [1.82, 2.24) is 15.1 Å². The van der Waals surface area contributed by atoms with Gasteiger partial charge in [-0.05, 0) is 49.1 Å². The summed E-state index contributed by atoms with van der Waals surface area (Å²) in [5, 5.41) is 7.05. The van der Waals surface area contributed by atoms with E-state index < -0.39 is 12.3 Å². The Labute approximate surface area is 186 Å². The average molecular weight is 443 g/mol. The zero-order valence-electron chi connectivity index (χ0n) is 18.6. The molecule has 3 aromatic rings. The maximum absolute atomic E-state index is 13.5. The molecule has 0 atom stereocenters. The summed E-state index contributed by atoms with van der Waals surface area (Å²) >= 11 is 0. The predicted octanol–water partition coefficient (Wildman–Crippen LogP) is 6.23. The molecule has 0 aliphatic rings. The van der Waals surface area contributed by atoms with E-state index in [9.17, 15) is 13.6 Å². The summed E-state index contributed by atoms with van der Waals surface area (Å²) < 4.78 is 30.4. The highest BCUT2D eigenvalue weighted by Gasteiger charge is 2.23. The first-order valence-corrected chi connectivity index (χ1v) is 10.8. The van der Waals surface area contributed by atoms with Gasteiger partial charge in [0.25, 0.3) is 5.89 Å². The number of benzene rings is 2. The van der Waals surface area contributed by atoms with Gasteiger partial charge in [-0.2, -0.15) is 8.78 Å². The van der Waals surface area contributed by atoms with Crippen LogP contribution < -0.4 is 4.90 Å². The summed E-state index contributed by atoms with van der Waals surface area (Å²) in [7, 11) is 0. The van der Waals surface area contributed by atoms with Gasteiger partial charge in [0.05, 0.1) is 6.54 Å². The summed E-state index contributed by atoms with van der Waals surface area (Å²) in [5.74, 6) is -0.664. The fourth-order valence-electron chi connectivity index (χ4n) is 3.51. The third-order valence-corrected chi connectivity index (χ3v) is 5.06. The second-order valence-electron chi connectivity index (χ2n) is 7.59. The molecule has 0 N–H and O–H groups in total. The van der Waals surface area contributed by atoms with Gasteiger partial charge in [-0.1, -0.05) is 44.2 Å². The largest absolute Gasteiger partial charge is 0.415 e. The van der Waals surface area contributed by atoms with Crippen LogP contribution in [0.5, 0.6) is 0 Å². The molecular formula is C24H28F2N4O2. The van der Waals surface area contributed by atoms with E-state index in [1.807, 2.05) is 48.2 Å². The molecule has 0 bridgehead atoms. The number of urea groups is 1. The summed E-state index contributed by atoms with van der Waals surface area (Å²) in [5.41, 5.74) is 3.31. The second-order valence-corrected chi connectivity index (χ2v) is 7.59. The predicted molar refractivity (Wildman–Crippen MR) is 120 cm³/mol. The van der Waals surface area contributed by atoms with Crippen molar-refractivity contribution in [3.05, 3.63) is 65.5 Å². The standard InChI is InChI=1S/C24H28F2N4O2/c1-4-14-29(15-5-2)24(31)30(20-9-7-6-8-17(20)3)16-18-10-12-19(13-11-18)22-27-28-23(32-22)21(25)26/h6-13,21H,4-5,14-16H2,1-3H3. The van der Waals surface area contributed by atoms with E-state index in [4.69, 9.17) is 4.42 Å². The van der Waals surface area contributed by atoms with E-state index >= 15 is 0 Å². The second kappa shape index (κ2) is 10.8. The molecule has 1 heterocycles. The molecule has 3 rings (SSSR count). The zero-order chi connectivity index (χ0) is 23.1. The minimum Gasteiger partial charge on any atom is -0.415 e. The molecule has 170 valence electrons. The van der Waals surface area contributed by atoms with Crippen molar-refractivity contribution < 1.29 is 18.0 Å². The van der Waals surface area contributed by atoms with Crippen molar-refractivity contribution in [2.75, 3.05) is 18.0 Å². The molecule has 0 saturated carbocycles. The first-order chi connectivity index (χ1) is 15.4. The molecule has 0 saturated heterocycles. The molecule has 0 aliphatic carbocycles. The Morgan fingerprint density at radius 1 is 1.00 bits per heavy atom. The van der Waals surface area contributed by atoms with E-state index in [1.54, 1.807) is 17.0 Å². The topological polar surface area (TPSA) is 62.5 Å². The van der Waals surface area contributed by atoms with Crippen LogP contribution in [0.1, 0.15) is 50.1 Å². The number of hydrogen-bond acceptors (Lipinski definition) is 4. The lowest BCUT2D eigenvalue weighted by atomic mass is 10.1. The lowest BCUT2D eigenvalue weighted by Gasteiger charge is -2.31. The van der Waals surface area contributed by atoms with Crippen LogP contribution in [0, 0.1) is 6.92 Å². The number of aromatic nitrogens is 2. The minimum atomic E-state index is -2.81. The van der Waals surface area contributed by atoms with Crippen LogP contribution in [-0.2, 0) is 6.54 Å². The SMILES string of the molecule is CCCN(CCC)C(=O)N(Cc1ccc(-c2nnc(C(F)F)o2)cc1)c1ccccc1C. The maximum atomic E-state index is 13.5. The van der Waals surface area contributed by atoms with Crippen molar-refractivity contribution in [3.8, 4) is 11.5 Å². The Morgan fingerprint density at radius 2 is 1.66 bits per heavy atom.